The van der Waals surface area contributed by atoms with Gasteiger partial charge in [0.15, 0.2) is 12.4 Å². The quantitative estimate of drug-likeness (QED) is 0.0821. The van der Waals surface area contributed by atoms with E-state index >= 15 is 0 Å². The Bertz CT molecular complexity index is 2670. The first-order valence-corrected chi connectivity index (χ1v) is 20.9. The first-order chi connectivity index (χ1) is 29.8. The van der Waals surface area contributed by atoms with Gasteiger partial charge in [-0.05, 0) is 54.1 Å². The topological polar surface area (TPSA) is 181 Å². The van der Waals surface area contributed by atoms with Gasteiger partial charge in [-0.25, -0.2) is 8.42 Å². The Morgan fingerprint density at radius 2 is 1.35 bits per heavy atom. The number of aliphatic carboxylic acids is 1. The highest BCUT2D eigenvalue weighted by atomic mass is 32.2. The van der Waals surface area contributed by atoms with Gasteiger partial charge in [-0.15, -0.1) is 0 Å². The molecule has 0 saturated carbocycles. The van der Waals surface area contributed by atoms with Crippen LogP contribution < -0.4 is 29.7 Å². The Kier molecular flexibility index (Phi) is 14.2. The van der Waals surface area contributed by atoms with Crippen molar-refractivity contribution in [1.82, 2.24) is 14.9 Å². The number of ether oxygens (including phenoxy) is 3. The third-order valence-electron chi connectivity index (χ3n) is 10.0. The minimum absolute atomic E-state index is 0.0452. The number of carbonyl (C=O) groups excluding carboxylic acids is 3. The predicted molar refractivity (Wildman–Crippen MR) is 235 cm³/mol. The molecule has 3 N–H and O–H groups in total. The third kappa shape index (κ3) is 10.4. The lowest BCUT2D eigenvalue weighted by molar-refractivity contribution is -0.137. The Morgan fingerprint density at radius 3 is 2.02 bits per heavy atom. The molecule has 0 heterocycles. The average molecular weight is 859 g/mol. The molecule has 0 aliphatic rings. The van der Waals surface area contributed by atoms with Gasteiger partial charge in [0.1, 0.15) is 23.8 Å². The molecule has 2 amide bonds. The molecule has 6 aromatic carbocycles. The van der Waals surface area contributed by atoms with Crippen LogP contribution in [0.3, 0.4) is 0 Å². The summed E-state index contributed by atoms with van der Waals surface area (Å²) in [6.07, 6.45) is 0. The standard InChI is InChI=1S/C47H46N4O10S/c1-50(2)40-14-8-13-38-37(40)12-9-15-42(38)62(57,58)51(29-44(53)54)27-26-48-43(52)30-61-35-22-20-31(21-23-35)45(39-25-24-36(59-3)28-41(39)60-4)49-47(56)34-18-16-33(17-19-34)46(55)32-10-6-5-7-11-32/h5-25,28,45H,26-27,29-30H2,1-4H3,(H,48,52)(H,49,56)(H,53,54). The lowest BCUT2D eigenvalue weighted by Gasteiger charge is -2.23. The van der Waals surface area contributed by atoms with Crippen molar-refractivity contribution in [2.24, 2.45) is 0 Å². The molecule has 14 nitrogen and oxygen atoms in total. The number of hydrogen-bond acceptors (Lipinski definition) is 10. The maximum Gasteiger partial charge on any atom is 0.318 e. The van der Waals surface area contributed by atoms with E-state index in [0.717, 1.165) is 9.99 Å². The first-order valence-electron chi connectivity index (χ1n) is 19.4. The summed E-state index contributed by atoms with van der Waals surface area (Å²) in [5.74, 6) is -1.14. The fourth-order valence-corrected chi connectivity index (χ4v) is 8.47. The molecule has 0 radical (unpaired) electrons. The number of amides is 2. The number of carboxylic acids is 1. The lowest BCUT2D eigenvalue weighted by atomic mass is 9.96. The first kappa shape index (κ1) is 44.3. The van der Waals surface area contributed by atoms with Crippen LogP contribution in [-0.4, -0.2) is 96.0 Å². The molecular weight excluding hydrogens is 813 g/mol. The minimum atomic E-state index is -4.30. The molecule has 0 aromatic heterocycles. The van der Waals surface area contributed by atoms with Gasteiger partial charge < -0.3 is 34.9 Å². The van der Waals surface area contributed by atoms with E-state index in [2.05, 4.69) is 10.6 Å². The van der Waals surface area contributed by atoms with Crippen LogP contribution in [0, 0.1) is 0 Å². The van der Waals surface area contributed by atoms with Gasteiger partial charge >= 0.3 is 5.97 Å². The number of anilines is 1. The van der Waals surface area contributed by atoms with Gasteiger partial charge in [-0.1, -0.05) is 78.9 Å². The fraction of sp³-hybridized carbons (Fsp3) is 0.191. The number of sulfonamides is 1. The summed E-state index contributed by atoms with van der Waals surface area (Å²) >= 11 is 0. The van der Waals surface area contributed by atoms with E-state index in [1.807, 2.05) is 31.1 Å². The lowest BCUT2D eigenvalue weighted by Crippen LogP contribution is -2.42. The normalized spacial score (nSPS) is 11.7. The number of rotatable bonds is 19. The van der Waals surface area contributed by atoms with Crippen LogP contribution >= 0.6 is 0 Å². The number of benzene rings is 6. The summed E-state index contributed by atoms with van der Waals surface area (Å²) in [5.41, 5.74) is 3.38. The van der Waals surface area contributed by atoms with Crippen molar-refractivity contribution in [1.29, 1.82) is 0 Å². The Morgan fingerprint density at radius 1 is 0.710 bits per heavy atom. The molecule has 6 aromatic rings. The molecule has 1 atom stereocenters. The zero-order chi connectivity index (χ0) is 44.4. The van der Waals surface area contributed by atoms with Gasteiger partial charge in [0.05, 0.1) is 25.2 Å². The zero-order valence-electron chi connectivity index (χ0n) is 34.5. The Hall–Kier alpha value is -7.23. The van der Waals surface area contributed by atoms with Crippen LogP contribution in [0.1, 0.15) is 43.4 Å². The molecule has 1 unspecified atom stereocenters. The highest BCUT2D eigenvalue weighted by Gasteiger charge is 2.29. The van der Waals surface area contributed by atoms with Crippen molar-refractivity contribution in [3.63, 3.8) is 0 Å². The third-order valence-corrected chi connectivity index (χ3v) is 11.9. The maximum atomic E-state index is 13.9. The Labute approximate surface area is 359 Å². The molecular formula is C47H46N4O10S. The van der Waals surface area contributed by atoms with E-state index in [1.54, 1.807) is 115 Å². The van der Waals surface area contributed by atoms with Crippen molar-refractivity contribution in [3.05, 3.63) is 161 Å². The number of nitrogens with zero attached hydrogens (tertiary/aromatic N) is 2. The predicted octanol–water partition coefficient (Wildman–Crippen LogP) is 5.94. The molecule has 0 bridgehead atoms. The van der Waals surface area contributed by atoms with E-state index in [-0.39, 0.29) is 23.8 Å². The zero-order valence-corrected chi connectivity index (χ0v) is 35.3. The summed E-state index contributed by atoms with van der Waals surface area (Å²) in [7, 11) is 2.43. The summed E-state index contributed by atoms with van der Waals surface area (Å²) < 4.78 is 45.3. The van der Waals surface area contributed by atoms with Crippen LogP contribution in [0.2, 0.25) is 0 Å². The van der Waals surface area contributed by atoms with E-state index in [0.29, 0.717) is 55.8 Å². The number of fused-ring (bicyclic) bond motifs is 1. The molecule has 0 aliphatic carbocycles. The van der Waals surface area contributed by atoms with Crippen LogP contribution in [0.25, 0.3) is 10.8 Å². The smallest absolute Gasteiger partial charge is 0.318 e. The van der Waals surface area contributed by atoms with E-state index in [1.165, 1.54) is 20.3 Å². The van der Waals surface area contributed by atoms with Crippen molar-refractivity contribution in [2.45, 2.75) is 10.9 Å². The average Bonchev–Trinajstić information content (AvgIpc) is 3.29. The number of hydrogen-bond donors (Lipinski definition) is 3. The number of carbonyl (C=O) groups is 4. The van der Waals surface area contributed by atoms with E-state index in [4.69, 9.17) is 14.2 Å². The van der Waals surface area contributed by atoms with Gasteiger partial charge in [0.25, 0.3) is 11.8 Å². The molecule has 0 spiro atoms. The largest absolute Gasteiger partial charge is 0.497 e. The van der Waals surface area contributed by atoms with E-state index < -0.39 is 47.0 Å². The monoisotopic (exact) mass is 858 g/mol. The van der Waals surface area contributed by atoms with Crippen molar-refractivity contribution >= 4 is 50.1 Å². The minimum Gasteiger partial charge on any atom is -0.497 e. The molecule has 15 heteroatoms. The fourth-order valence-electron chi connectivity index (χ4n) is 6.87. The summed E-state index contributed by atoms with van der Waals surface area (Å²) in [5, 5.41) is 16.4. The summed E-state index contributed by atoms with van der Waals surface area (Å²) in [6.45, 7) is -1.72. The van der Waals surface area contributed by atoms with Crippen LogP contribution in [0.15, 0.2) is 138 Å². The van der Waals surface area contributed by atoms with Gasteiger partial charge in [0, 0.05) is 72.0 Å². The maximum absolute atomic E-state index is 13.9. The number of nitrogens with one attached hydrogen (secondary N) is 2. The Balaban J connectivity index is 1.12. The van der Waals surface area contributed by atoms with E-state index in [9.17, 15) is 32.7 Å². The second-order valence-corrected chi connectivity index (χ2v) is 16.2. The summed E-state index contributed by atoms with van der Waals surface area (Å²) in [6, 6.07) is 36.6. The number of ketones is 1. The van der Waals surface area contributed by atoms with Crippen molar-refractivity contribution in [2.75, 3.05) is 59.5 Å². The molecule has 0 aliphatic heterocycles. The SMILES string of the molecule is COc1ccc(C(NC(=O)c2ccc(C(=O)c3ccccc3)cc2)c2ccc(OCC(=O)NCCN(CC(=O)O)S(=O)(=O)c3cccc4c(N(C)C)cccc34)cc2)c(OC)c1. The second-order valence-electron chi connectivity index (χ2n) is 14.2. The van der Waals surface area contributed by atoms with Crippen LogP contribution in [0.5, 0.6) is 17.2 Å². The number of carboxylic acid groups (broad SMARTS) is 1. The van der Waals surface area contributed by atoms with Crippen LogP contribution in [-0.2, 0) is 19.6 Å². The van der Waals surface area contributed by atoms with Crippen molar-refractivity contribution < 1.29 is 46.9 Å². The molecule has 62 heavy (non-hydrogen) atoms. The van der Waals surface area contributed by atoms with Crippen molar-refractivity contribution in [3.8, 4) is 17.2 Å². The molecule has 320 valence electrons. The second kappa shape index (κ2) is 19.9. The van der Waals surface area contributed by atoms with Gasteiger partial charge in [-0.3, -0.25) is 19.2 Å². The highest BCUT2D eigenvalue weighted by molar-refractivity contribution is 7.89. The van der Waals surface area contributed by atoms with Crippen LogP contribution in [0.4, 0.5) is 5.69 Å². The van der Waals surface area contributed by atoms with Gasteiger partial charge in [0.2, 0.25) is 10.0 Å². The van der Waals surface area contributed by atoms with Gasteiger partial charge in [-0.2, -0.15) is 4.31 Å². The molecule has 0 saturated heterocycles. The highest BCUT2D eigenvalue weighted by Crippen LogP contribution is 2.35. The molecule has 0 fully saturated rings. The number of methoxy groups -OCH3 is 2. The summed E-state index contributed by atoms with van der Waals surface area (Å²) in [4.78, 5) is 53.1. The molecule has 6 rings (SSSR count).